The zero-order chi connectivity index (χ0) is 38.3. The molecule has 14 nitrogen and oxygen atoms in total. The number of carbonyl (C=O) groups is 4. The van der Waals surface area contributed by atoms with E-state index in [1.807, 2.05) is 30.5 Å². The first-order chi connectivity index (χ1) is 27.2. The third-order valence-electron chi connectivity index (χ3n) is 13.3. The van der Waals surface area contributed by atoms with E-state index < -0.39 is 11.5 Å². The Balaban J connectivity index is 0.771. The van der Waals surface area contributed by atoms with Crippen molar-refractivity contribution in [2.75, 3.05) is 55.4 Å². The normalized spacial score (nSPS) is 22.8. The third kappa shape index (κ3) is 5.74. The van der Waals surface area contributed by atoms with Gasteiger partial charge in [-0.25, -0.2) is 9.97 Å². The predicted octanol–water partition coefficient (Wildman–Crippen LogP) is 4.64. The summed E-state index contributed by atoms with van der Waals surface area (Å²) < 4.78 is 2.12. The molecular formula is C42H48N10O4. The monoisotopic (exact) mass is 756 g/mol. The molecular weight excluding hydrogens is 709 g/mol. The molecule has 14 heteroatoms. The van der Waals surface area contributed by atoms with Gasteiger partial charge in [-0.05, 0) is 93.8 Å². The van der Waals surface area contributed by atoms with Gasteiger partial charge in [-0.1, -0.05) is 25.0 Å². The minimum absolute atomic E-state index is 0.0138. The quantitative estimate of drug-likeness (QED) is 0.244. The lowest BCUT2D eigenvalue weighted by molar-refractivity contribution is -0.135. The molecule has 1 aromatic carbocycles. The van der Waals surface area contributed by atoms with Crippen LogP contribution in [0.5, 0.6) is 0 Å². The van der Waals surface area contributed by atoms with Gasteiger partial charge < -0.3 is 19.7 Å². The first kappa shape index (κ1) is 35.1. The fourth-order valence-corrected chi connectivity index (χ4v) is 10.1. The molecule has 290 valence electrons. The van der Waals surface area contributed by atoms with Crippen molar-refractivity contribution in [1.82, 2.24) is 34.6 Å². The number of carbonyl (C=O) groups excluding carboxylic acids is 4. The Hall–Kier alpha value is -5.37. The van der Waals surface area contributed by atoms with Crippen LogP contribution in [0.25, 0.3) is 11.0 Å². The van der Waals surface area contributed by atoms with Crippen LogP contribution in [0.4, 0.5) is 23.1 Å². The van der Waals surface area contributed by atoms with Crippen molar-refractivity contribution >= 4 is 57.8 Å². The summed E-state index contributed by atoms with van der Waals surface area (Å²) in [6.07, 6.45) is 12.5. The van der Waals surface area contributed by atoms with Crippen molar-refractivity contribution in [3.63, 3.8) is 0 Å². The topological polar surface area (TPSA) is 149 Å². The number of likely N-dealkylation sites (tertiary alicyclic amines) is 1. The Bertz CT molecular complexity index is 2240. The number of piperidine rings is 2. The van der Waals surface area contributed by atoms with Gasteiger partial charge >= 0.3 is 0 Å². The summed E-state index contributed by atoms with van der Waals surface area (Å²) >= 11 is 0. The average molecular weight is 757 g/mol. The highest BCUT2D eigenvalue weighted by atomic mass is 16.2. The van der Waals surface area contributed by atoms with Gasteiger partial charge in [0.15, 0.2) is 0 Å². The zero-order valence-corrected chi connectivity index (χ0v) is 32.0. The van der Waals surface area contributed by atoms with Gasteiger partial charge in [0.2, 0.25) is 23.7 Å². The highest BCUT2D eigenvalue weighted by molar-refractivity contribution is 6.16. The summed E-state index contributed by atoms with van der Waals surface area (Å²) in [4.78, 5) is 74.2. The second kappa shape index (κ2) is 13.4. The van der Waals surface area contributed by atoms with Gasteiger partial charge in [-0.2, -0.15) is 4.98 Å². The van der Waals surface area contributed by atoms with E-state index in [-0.39, 0.29) is 36.1 Å². The molecule has 5 fully saturated rings. The van der Waals surface area contributed by atoms with Gasteiger partial charge in [0.05, 0.1) is 11.1 Å². The molecule has 4 aliphatic heterocycles. The standard InChI is InChI=1S/C42H48N10O4/c1-48(2)39(55)33-20-27-22-44-41(47-37(27)51(33)28-6-3-4-7-28)45-34-12-10-26(21-43-34)25-14-18-49(19-15-25)29-23-50(24-29)30-8-5-9-31-36(30)42(16-17-42)40(56)52(31)32-11-13-35(53)46-38(32)54/h5,8-10,12,20-22,25,28-29,32H,3-4,6-7,11,13-19,23-24H2,1-2H3,(H,46,53,54)(H,43,44,45,47)/t32-/m1/s1. The molecule has 3 aromatic heterocycles. The lowest BCUT2D eigenvalue weighted by Gasteiger charge is -2.49. The number of nitrogens with one attached hydrogen (secondary N) is 2. The van der Waals surface area contributed by atoms with Gasteiger partial charge in [-0.15, -0.1) is 0 Å². The molecule has 1 atom stereocenters. The molecule has 0 radical (unpaired) electrons. The molecule has 3 saturated heterocycles. The number of pyridine rings is 1. The number of anilines is 4. The van der Waals surface area contributed by atoms with Crippen LogP contribution in [0, 0.1) is 0 Å². The number of hydrogen-bond donors (Lipinski definition) is 2. The van der Waals surface area contributed by atoms with Crippen molar-refractivity contribution in [2.45, 2.75) is 93.7 Å². The predicted molar refractivity (Wildman–Crippen MR) is 211 cm³/mol. The Kier molecular flexibility index (Phi) is 8.38. The minimum atomic E-state index is -0.637. The number of fused-ring (bicyclic) bond motifs is 3. The highest BCUT2D eigenvalue weighted by Crippen LogP contribution is 2.61. The molecule has 10 rings (SSSR count). The van der Waals surface area contributed by atoms with Gasteiger partial charge in [0, 0.05) is 74.7 Å². The second-order valence-corrected chi connectivity index (χ2v) is 16.9. The number of rotatable bonds is 8. The van der Waals surface area contributed by atoms with E-state index in [0.29, 0.717) is 35.8 Å². The smallest absolute Gasteiger partial charge is 0.270 e. The maximum absolute atomic E-state index is 13.9. The van der Waals surface area contributed by atoms with Crippen LogP contribution in [0.1, 0.15) is 97.8 Å². The molecule has 0 unspecified atom stereocenters. The number of nitrogens with zero attached hydrogens (tertiary/aromatic N) is 8. The fourth-order valence-electron chi connectivity index (χ4n) is 10.1. The zero-order valence-electron chi connectivity index (χ0n) is 32.0. The van der Waals surface area contributed by atoms with E-state index >= 15 is 0 Å². The first-order valence-corrected chi connectivity index (χ1v) is 20.3. The van der Waals surface area contributed by atoms with Crippen LogP contribution < -0.4 is 20.4 Å². The highest BCUT2D eigenvalue weighted by Gasteiger charge is 2.62. The summed E-state index contributed by atoms with van der Waals surface area (Å²) in [7, 11) is 3.57. The minimum Gasteiger partial charge on any atom is -0.368 e. The number of hydrogen-bond acceptors (Lipinski definition) is 10. The Morgan fingerprint density at radius 2 is 1.68 bits per heavy atom. The van der Waals surface area contributed by atoms with E-state index in [9.17, 15) is 19.2 Å². The largest absolute Gasteiger partial charge is 0.368 e. The average Bonchev–Trinajstić information content (AvgIpc) is 3.51. The van der Waals surface area contributed by atoms with E-state index in [1.165, 1.54) is 5.56 Å². The Morgan fingerprint density at radius 1 is 0.911 bits per heavy atom. The van der Waals surface area contributed by atoms with Crippen molar-refractivity contribution in [3.05, 3.63) is 65.6 Å². The van der Waals surface area contributed by atoms with Gasteiger partial charge in [0.1, 0.15) is 23.2 Å². The van der Waals surface area contributed by atoms with E-state index in [0.717, 1.165) is 106 Å². The van der Waals surface area contributed by atoms with E-state index in [4.69, 9.17) is 9.97 Å². The molecule has 4 aromatic rings. The van der Waals surface area contributed by atoms with Crippen molar-refractivity contribution < 1.29 is 19.2 Å². The van der Waals surface area contributed by atoms with E-state index in [2.05, 4.69) is 42.1 Å². The Morgan fingerprint density at radius 3 is 2.38 bits per heavy atom. The van der Waals surface area contributed by atoms with Crippen LogP contribution >= 0.6 is 0 Å². The summed E-state index contributed by atoms with van der Waals surface area (Å²) in [6, 6.07) is 12.3. The third-order valence-corrected chi connectivity index (χ3v) is 13.3. The maximum atomic E-state index is 13.9. The van der Waals surface area contributed by atoms with Crippen LogP contribution in [-0.2, 0) is 19.8 Å². The summed E-state index contributed by atoms with van der Waals surface area (Å²) in [5.41, 5.74) is 5.19. The number of imide groups is 1. The van der Waals surface area contributed by atoms with Crippen LogP contribution in [-0.4, -0.2) is 105 Å². The van der Waals surface area contributed by atoms with Crippen LogP contribution in [0.3, 0.4) is 0 Å². The SMILES string of the molecule is CN(C)C(=O)c1cc2cnc(Nc3ccc(C4CCN(C5CN(c6cccc7c6C6(CC6)C(=O)N7[C@@H]6CCC(=O)NC6=O)C5)CC4)cn3)nc2n1C1CCCC1. The molecule has 1 spiro atoms. The molecule has 4 amide bonds. The van der Waals surface area contributed by atoms with Crippen LogP contribution in [0.2, 0.25) is 0 Å². The molecule has 0 bridgehead atoms. The van der Waals surface area contributed by atoms with Crippen molar-refractivity contribution in [2.24, 2.45) is 0 Å². The summed E-state index contributed by atoms with van der Waals surface area (Å²) in [6.45, 7) is 3.87. The molecule has 2 aliphatic carbocycles. The molecule has 7 heterocycles. The van der Waals surface area contributed by atoms with Crippen molar-refractivity contribution in [3.8, 4) is 0 Å². The second-order valence-electron chi connectivity index (χ2n) is 16.9. The summed E-state index contributed by atoms with van der Waals surface area (Å²) in [5, 5.41) is 6.61. The van der Waals surface area contributed by atoms with Gasteiger partial charge in [-0.3, -0.25) is 34.3 Å². The molecule has 56 heavy (non-hydrogen) atoms. The summed E-state index contributed by atoms with van der Waals surface area (Å²) in [5.74, 6) is 0.938. The first-order valence-electron chi connectivity index (χ1n) is 20.3. The number of amides is 4. The van der Waals surface area contributed by atoms with Gasteiger partial charge in [0.25, 0.3) is 5.91 Å². The van der Waals surface area contributed by atoms with Crippen LogP contribution in [0.15, 0.2) is 48.8 Å². The lowest BCUT2D eigenvalue weighted by Crippen LogP contribution is -2.61. The number of benzene rings is 1. The maximum Gasteiger partial charge on any atom is 0.270 e. The lowest BCUT2D eigenvalue weighted by atomic mass is 9.88. The number of aromatic nitrogens is 4. The molecule has 2 saturated carbocycles. The molecule has 6 aliphatic rings. The molecule has 2 N–H and O–H groups in total. The van der Waals surface area contributed by atoms with Crippen molar-refractivity contribution in [1.29, 1.82) is 0 Å². The fraction of sp³-hybridized carbons (Fsp3) is 0.500. The van der Waals surface area contributed by atoms with E-state index in [1.54, 1.807) is 30.1 Å². The Labute approximate surface area is 325 Å².